The molecule has 12 heteroatoms. The van der Waals surface area contributed by atoms with Crippen LogP contribution in [-0.4, -0.2) is 94.7 Å². The number of carbonyl (C=O) groups is 3. The molecule has 53 heavy (non-hydrogen) atoms. The molecule has 5 heterocycles. The third-order valence-electron chi connectivity index (χ3n) is 12.6. The molecule has 2 aromatic heterocycles. The number of nitrogens with zero attached hydrogens (tertiary/aromatic N) is 6. The number of hydrogen-bond acceptors (Lipinski definition) is 8. The summed E-state index contributed by atoms with van der Waals surface area (Å²) in [6.45, 7) is 5.18. The Hall–Kier alpha value is -4.97. The first-order valence-corrected chi connectivity index (χ1v) is 19.3. The van der Waals surface area contributed by atoms with Gasteiger partial charge < -0.3 is 34.6 Å². The summed E-state index contributed by atoms with van der Waals surface area (Å²) in [4.78, 5) is 56.4. The number of benzene rings is 2. The molecule has 5 aliphatic rings. The van der Waals surface area contributed by atoms with Crippen molar-refractivity contribution in [3.8, 4) is 11.3 Å². The van der Waals surface area contributed by atoms with Crippen LogP contribution in [0.3, 0.4) is 0 Å². The zero-order valence-corrected chi connectivity index (χ0v) is 30.9. The predicted molar refractivity (Wildman–Crippen MR) is 204 cm³/mol. The third kappa shape index (κ3) is 5.73. The third-order valence-corrected chi connectivity index (χ3v) is 12.6. The number of likely N-dealkylation sites (tertiary alicyclic amines) is 2. The van der Waals surface area contributed by atoms with Crippen LogP contribution < -0.4 is 15.5 Å². The molecule has 0 bridgehead atoms. The standard InChI is InChI=1S/C41H48N8O4/c1-25-7-9-27(20-31(25)38(50)42-2)44-37-36-34(43-24-48(36)28-10-11-28)23-33(45-37)26-8-12-32-35(19-26)49(30-21-29(22-30)46-15-5-4-6-16-46)39(51)41(32)13-17-47(18-14-41)40(52)53-3/h7-9,12,19-20,23-24,28-30H,4-6,10-11,13-18,21-22H2,1-3H3,(H,42,50)(H,44,45). The van der Waals surface area contributed by atoms with Gasteiger partial charge in [0, 0.05) is 60.8 Å². The maximum Gasteiger partial charge on any atom is 0.409 e. The second-order valence-corrected chi connectivity index (χ2v) is 15.7. The van der Waals surface area contributed by atoms with Crippen LogP contribution in [0.4, 0.5) is 22.0 Å². The van der Waals surface area contributed by atoms with Crippen molar-refractivity contribution in [2.75, 3.05) is 50.6 Å². The van der Waals surface area contributed by atoms with Gasteiger partial charge in [-0.3, -0.25) is 9.59 Å². The zero-order valence-electron chi connectivity index (χ0n) is 30.9. The number of piperidine rings is 2. The molecule has 2 saturated heterocycles. The molecule has 2 aromatic carbocycles. The molecule has 3 aliphatic heterocycles. The number of hydrogen-bond donors (Lipinski definition) is 2. The van der Waals surface area contributed by atoms with E-state index < -0.39 is 5.41 Å². The van der Waals surface area contributed by atoms with Gasteiger partial charge in [-0.15, -0.1) is 0 Å². The van der Waals surface area contributed by atoms with Gasteiger partial charge in [-0.25, -0.2) is 14.8 Å². The van der Waals surface area contributed by atoms with Crippen LogP contribution in [0, 0.1) is 6.92 Å². The second kappa shape index (κ2) is 13.2. The van der Waals surface area contributed by atoms with E-state index in [0.29, 0.717) is 49.4 Å². The van der Waals surface area contributed by atoms with Crippen molar-refractivity contribution >= 4 is 46.1 Å². The maximum absolute atomic E-state index is 14.8. The van der Waals surface area contributed by atoms with Crippen molar-refractivity contribution in [1.29, 1.82) is 0 Å². The highest BCUT2D eigenvalue weighted by Gasteiger charge is 2.56. The summed E-state index contributed by atoms with van der Waals surface area (Å²) < 4.78 is 7.24. The lowest BCUT2D eigenvalue weighted by molar-refractivity contribution is -0.126. The number of nitrogens with one attached hydrogen (secondary N) is 2. The van der Waals surface area contributed by atoms with E-state index in [4.69, 9.17) is 14.7 Å². The van der Waals surface area contributed by atoms with Crippen LogP contribution >= 0.6 is 0 Å². The average Bonchev–Trinajstić information content (AvgIpc) is 3.89. The average molecular weight is 717 g/mol. The van der Waals surface area contributed by atoms with Crippen molar-refractivity contribution in [2.24, 2.45) is 0 Å². The molecule has 4 fully saturated rings. The van der Waals surface area contributed by atoms with Gasteiger partial charge in [-0.1, -0.05) is 24.6 Å². The topological polar surface area (TPSA) is 125 Å². The Bertz CT molecular complexity index is 2100. The first-order valence-electron chi connectivity index (χ1n) is 19.3. The van der Waals surface area contributed by atoms with E-state index in [1.807, 2.05) is 37.5 Å². The number of pyridine rings is 1. The Morgan fingerprint density at radius 2 is 1.70 bits per heavy atom. The summed E-state index contributed by atoms with van der Waals surface area (Å²) >= 11 is 0. The Balaban J connectivity index is 1.10. The fourth-order valence-corrected chi connectivity index (χ4v) is 9.29. The van der Waals surface area contributed by atoms with Crippen molar-refractivity contribution in [1.82, 2.24) is 29.7 Å². The minimum Gasteiger partial charge on any atom is -0.453 e. The van der Waals surface area contributed by atoms with Crippen molar-refractivity contribution in [3.63, 3.8) is 0 Å². The fourth-order valence-electron chi connectivity index (χ4n) is 9.29. The monoisotopic (exact) mass is 716 g/mol. The molecular formula is C41H48N8O4. The molecule has 4 aromatic rings. The van der Waals surface area contributed by atoms with E-state index in [9.17, 15) is 14.4 Å². The molecule has 1 spiro atoms. The first kappa shape index (κ1) is 33.8. The number of amides is 3. The Morgan fingerprint density at radius 3 is 2.42 bits per heavy atom. The Morgan fingerprint density at radius 1 is 0.925 bits per heavy atom. The Labute approximate surface area is 309 Å². The normalized spacial score (nSPS) is 22.5. The van der Waals surface area contributed by atoms with Crippen LogP contribution in [0.15, 0.2) is 48.8 Å². The molecule has 276 valence electrons. The lowest BCUT2D eigenvalue weighted by Crippen LogP contribution is -2.58. The number of carbonyl (C=O) groups excluding carboxylic acids is 3. The molecule has 3 amide bonds. The fraction of sp³-hybridized carbons (Fsp3) is 0.488. The smallest absolute Gasteiger partial charge is 0.409 e. The first-order chi connectivity index (χ1) is 25.8. The maximum atomic E-state index is 14.8. The minimum atomic E-state index is -0.671. The number of anilines is 3. The van der Waals surface area contributed by atoms with Gasteiger partial charge in [-0.05, 0) is 107 Å². The largest absolute Gasteiger partial charge is 0.453 e. The molecule has 12 nitrogen and oxygen atoms in total. The summed E-state index contributed by atoms with van der Waals surface area (Å²) in [5, 5.41) is 6.30. The van der Waals surface area contributed by atoms with Gasteiger partial charge in [0.15, 0.2) is 5.82 Å². The number of rotatable bonds is 7. The highest BCUT2D eigenvalue weighted by Crippen LogP contribution is 2.52. The zero-order chi connectivity index (χ0) is 36.4. The number of fused-ring (bicyclic) bond motifs is 3. The number of aryl methyl sites for hydroxylation is 1. The van der Waals surface area contributed by atoms with Gasteiger partial charge in [0.25, 0.3) is 5.91 Å². The molecule has 9 rings (SSSR count). The van der Waals surface area contributed by atoms with Crippen LogP contribution in [-0.2, 0) is 14.9 Å². The van der Waals surface area contributed by atoms with Crippen molar-refractivity contribution < 1.29 is 19.1 Å². The van der Waals surface area contributed by atoms with Gasteiger partial charge in [-0.2, -0.15) is 0 Å². The van der Waals surface area contributed by atoms with Crippen LogP contribution in [0.2, 0.25) is 0 Å². The summed E-state index contributed by atoms with van der Waals surface area (Å²) in [7, 11) is 3.05. The predicted octanol–water partition coefficient (Wildman–Crippen LogP) is 6.31. The summed E-state index contributed by atoms with van der Waals surface area (Å²) in [5.41, 5.74) is 7.06. The summed E-state index contributed by atoms with van der Waals surface area (Å²) in [6.07, 6.45) is 10.7. The van der Waals surface area contributed by atoms with E-state index >= 15 is 0 Å². The lowest BCUT2D eigenvalue weighted by Gasteiger charge is -2.48. The van der Waals surface area contributed by atoms with Gasteiger partial charge in [0.05, 0.1) is 30.1 Å². The molecule has 0 unspecified atom stereocenters. The van der Waals surface area contributed by atoms with Crippen molar-refractivity contribution in [3.05, 3.63) is 65.5 Å². The summed E-state index contributed by atoms with van der Waals surface area (Å²) in [5.74, 6) is 0.703. The van der Waals surface area contributed by atoms with Gasteiger partial charge in [0.1, 0.15) is 5.52 Å². The summed E-state index contributed by atoms with van der Waals surface area (Å²) in [6, 6.07) is 15.3. The number of ether oxygens (including phenoxy) is 1. The molecule has 0 atom stereocenters. The van der Waals surface area contributed by atoms with Crippen molar-refractivity contribution in [2.45, 2.75) is 88.3 Å². The minimum absolute atomic E-state index is 0.138. The molecular weight excluding hydrogens is 669 g/mol. The quantitative estimate of drug-likeness (QED) is 0.228. The lowest BCUT2D eigenvalue weighted by atomic mass is 9.73. The highest BCUT2D eigenvalue weighted by molar-refractivity contribution is 6.09. The van der Waals surface area contributed by atoms with E-state index in [1.165, 1.54) is 26.4 Å². The second-order valence-electron chi connectivity index (χ2n) is 15.7. The molecule has 0 radical (unpaired) electrons. The Kier molecular flexibility index (Phi) is 8.40. The number of imidazole rings is 1. The van der Waals surface area contributed by atoms with Crippen LogP contribution in [0.25, 0.3) is 22.3 Å². The van der Waals surface area contributed by atoms with Gasteiger partial charge >= 0.3 is 6.09 Å². The van der Waals surface area contributed by atoms with E-state index in [0.717, 1.165) is 83.6 Å². The molecule has 2 aliphatic carbocycles. The number of aromatic nitrogens is 3. The SMILES string of the molecule is CNC(=O)c1cc(Nc2nc(-c3ccc4c(c3)N(C3CC(N5CCCCC5)C3)C(=O)C43CCN(C(=O)OC)CC3)cc3ncn(C4CC4)c23)ccc1C. The van der Waals surface area contributed by atoms with Gasteiger partial charge in [0.2, 0.25) is 5.91 Å². The van der Waals surface area contributed by atoms with Crippen LogP contribution in [0.1, 0.15) is 85.3 Å². The molecule has 2 saturated carbocycles. The van der Waals surface area contributed by atoms with E-state index in [2.05, 4.69) is 43.2 Å². The molecule has 2 N–H and O–H groups in total. The van der Waals surface area contributed by atoms with E-state index in [1.54, 1.807) is 11.9 Å². The number of methoxy groups -OCH3 is 1. The van der Waals surface area contributed by atoms with Crippen LogP contribution in [0.5, 0.6) is 0 Å². The highest BCUT2D eigenvalue weighted by atomic mass is 16.5. The van der Waals surface area contributed by atoms with E-state index in [-0.39, 0.29) is 23.9 Å².